The Kier molecular flexibility index (Phi) is 5.12. The highest BCUT2D eigenvalue weighted by atomic mass is 16.6. The average molecular weight is 351 g/mol. The largest absolute Gasteiger partial charge is 0.437 e. The van der Waals surface area contributed by atoms with Gasteiger partial charge < -0.3 is 9.64 Å². The van der Waals surface area contributed by atoms with Crippen molar-refractivity contribution < 1.29 is 14.3 Å². The summed E-state index contributed by atoms with van der Waals surface area (Å²) in [5.41, 5.74) is 2.28. The van der Waals surface area contributed by atoms with Crippen LogP contribution in [0.15, 0.2) is 54.6 Å². The first-order valence-corrected chi connectivity index (χ1v) is 9.02. The van der Waals surface area contributed by atoms with Gasteiger partial charge in [-0.3, -0.25) is 4.79 Å². The number of benzene rings is 2. The standard InChI is InChI=1S/C22H25NO3/c1-16-9-11-19(12-10-16)18(3)23-14-13-22(15-17(2)24,26-21(23)25)20-7-5-4-6-8-20/h4-12,18H,13-15H2,1-3H3/t18-,22-/m0/s1. The highest BCUT2D eigenvalue weighted by Gasteiger charge is 2.44. The molecule has 1 amide bonds. The van der Waals surface area contributed by atoms with Crippen LogP contribution in [0.25, 0.3) is 0 Å². The summed E-state index contributed by atoms with van der Waals surface area (Å²) in [4.78, 5) is 26.4. The van der Waals surface area contributed by atoms with Gasteiger partial charge in [-0.25, -0.2) is 4.79 Å². The van der Waals surface area contributed by atoms with Crippen molar-refractivity contribution in [3.8, 4) is 0 Å². The molecule has 1 aliphatic heterocycles. The molecule has 4 nitrogen and oxygen atoms in total. The van der Waals surface area contributed by atoms with Gasteiger partial charge in [0.15, 0.2) is 0 Å². The molecule has 0 N–H and O–H groups in total. The molecule has 136 valence electrons. The first-order valence-electron chi connectivity index (χ1n) is 9.02. The summed E-state index contributed by atoms with van der Waals surface area (Å²) < 4.78 is 5.92. The topological polar surface area (TPSA) is 46.6 Å². The van der Waals surface area contributed by atoms with Gasteiger partial charge in [0.05, 0.1) is 12.5 Å². The molecule has 0 aliphatic carbocycles. The summed E-state index contributed by atoms with van der Waals surface area (Å²) in [6.07, 6.45) is 0.433. The fourth-order valence-electron chi connectivity index (χ4n) is 3.62. The highest BCUT2D eigenvalue weighted by molar-refractivity contribution is 5.78. The SMILES string of the molecule is CC(=O)C[C@]1(c2ccccc2)CCN([C@@H](C)c2ccc(C)cc2)C(=O)O1. The minimum atomic E-state index is -0.867. The van der Waals surface area contributed by atoms with Crippen LogP contribution in [-0.4, -0.2) is 23.3 Å². The van der Waals surface area contributed by atoms with Gasteiger partial charge in [-0.15, -0.1) is 0 Å². The quantitative estimate of drug-likeness (QED) is 0.779. The van der Waals surface area contributed by atoms with Crippen LogP contribution in [0.2, 0.25) is 0 Å². The van der Waals surface area contributed by atoms with Gasteiger partial charge in [0.1, 0.15) is 11.4 Å². The van der Waals surface area contributed by atoms with Crippen LogP contribution in [0, 0.1) is 6.92 Å². The lowest BCUT2D eigenvalue weighted by Gasteiger charge is -2.43. The third-order valence-corrected chi connectivity index (χ3v) is 5.14. The molecule has 0 bridgehead atoms. The predicted molar refractivity (Wildman–Crippen MR) is 101 cm³/mol. The zero-order valence-corrected chi connectivity index (χ0v) is 15.6. The number of aryl methyl sites for hydroxylation is 1. The van der Waals surface area contributed by atoms with Crippen molar-refractivity contribution in [3.05, 3.63) is 71.3 Å². The van der Waals surface area contributed by atoms with Crippen molar-refractivity contribution >= 4 is 11.9 Å². The molecule has 1 heterocycles. The lowest BCUT2D eigenvalue weighted by molar-refractivity contribution is -0.126. The molecule has 0 saturated carbocycles. The van der Waals surface area contributed by atoms with Gasteiger partial charge in [0.25, 0.3) is 0 Å². The maximum atomic E-state index is 12.8. The summed E-state index contributed by atoms with van der Waals surface area (Å²) in [7, 11) is 0. The van der Waals surface area contributed by atoms with E-state index in [0.29, 0.717) is 13.0 Å². The first kappa shape index (κ1) is 18.2. The van der Waals surface area contributed by atoms with Crippen LogP contribution >= 0.6 is 0 Å². The summed E-state index contributed by atoms with van der Waals surface area (Å²) in [6, 6.07) is 17.7. The Morgan fingerprint density at radius 2 is 1.81 bits per heavy atom. The third-order valence-electron chi connectivity index (χ3n) is 5.14. The average Bonchev–Trinajstić information content (AvgIpc) is 2.62. The molecule has 1 saturated heterocycles. The number of rotatable bonds is 5. The minimum Gasteiger partial charge on any atom is -0.437 e. The molecule has 3 rings (SSSR count). The first-order chi connectivity index (χ1) is 12.4. The van der Waals surface area contributed by atoms with Crippen molar-refractivity contribution in [2.75, 3.05) is 6.54 Å². The maximum absolute atomic E-state index is 12.8. The molecule has 2 aromatic rings. The van der Waals surface area contributed by atoms with E-state index in [1.807, 2.05) is 68.4 Å². The second kappa shape index (κ2) is 7.32. The number of cyclic esters (lactones) is 1. The smallest absolute Gasteiger partial charge is 0.411 e. The summed E-state index contributed by atoms with van der Waals surface area (Å²) in [5, 5.41) is 0. The van der Waals surface area contributed by atoms with E-state index < -0.39 is 5.60 Å². The number of hydrogen-bond acceptors (Lipinski definition) is 3. The Hall–Kier alpha value is -2.62. The van der Waals surface area contributed by atoms with E-state index in [1.54, 1.807) is 11.8 Å². The second-order valence-corrected chi connectivity index (χ2v) is 7.14. The van der Waals surface area contributed by atoms with Crippen molar-refractivity contribution in [2.24, 2.45) is 0 Å². The number of ketones is 1. The predicted octanol–water partition coefficient (Wildman–Crippen LogP) is 4.77. The number of carbonyl (C=O) groups excluding carboxylic acids is 2. The van der Waals surface area contributed by atoms with Gasteiger partial charge in [-0.1, -0.05) is 60.2 Å². The van der Waals surface area contributed by atoms with E-state index >= 15 is 0 Å². The van der Waals surface area contributed by atoms with E-state index in [-0.39, 0.29) is 24.3 Å². The van der Waals surface area contributed by atoms with E-state index in [4.69, 9.17) is 4.74 Å². The molecule has 0 aromatic heterocycles. The fraction of sp³-hybridized carbons (Fsp3) is 0.364. The van der Waals surface area contributed by atoms with Crippen LogP contribution in [0.1, 0.15) is 49.4 Å². The Balaban J connectivity index is 1.84. The molecule has 1 fully saturated rings. The summed E-state index contributed by atoms with van der Waals surface area (Å²) >= 11 is 0. The van der Waals surface area contributed by atoms with Gasteiger partial charge in [-0.05, 0) is 31.9 Å². The number of nitrogens with zero attached hydrogens (tertiary/aromatic N) is 1. The van der Waals surface area contributed by atoms with Crippen molar-refractivity contribution in [1.82, 2.24) is 4.90 Å². The maximum Gasteiger partial charge on any atom is 0.411 e. The van der Waals surface area contributed by atoms with Gasteiger partial charge in [0, 0.05) is 13.0 Å². The monoisotopic (exact) mass is 351 g/mol. The zero-order valence-electron chi connectivity index (χ0n) is 15.6. The summed E-state index contributed by atoms with van der Waals surface area (Å²) in [6.45, 7) is 6.14. The van der Waals surface area contributed by atoms with Crippen molar-refractivity contribution in [2.45, 2.75) is 45.3 Å². The second-order valence-electron chi connectivity index (χ2n) is 7.14. The Morgan fingerprint density at radius 1 is 1.15 bits per heavy atom. The fourth-order valence-corrected chi connectivity index (χ4v) is 3.62. The molecular weight excluding hydrogens is 326 g/mol. The van der Waals surface area contributed by atoms with Crippen LogP contribution in [-0.2, 0) is 15.1 Å². The van der Waals surface area contributed by atoms with E-state index in [1.165, 1.54) is 5.56 Å². The number of amides is 1. The summed E-state index contributed by atoms with van der Waals surface area (Å²) in [5.74, 6) is 0.0155. The Morgan fingerprint density at radius 3 is 2.38 bits per heavy atom. The highest BCUT2D eigenvalue weighted by Crippen LogP contribution is 2.39. The Bertz CT molecular complexity index is 785. The van der Waals surface area contributed by atoms with Gasteiger partial charge in [-0.2, -0.15) is 0 Å². The van der Waals surface area contributed by atoms with Crippen LogP contribution in [0.5, 0.6) is 0 Å². The molecule has 0 spiro atoms. The van der Waals surface area contributed by atoms with Crippen molar-refractivity contribution in [1.29, 1.82) is 0 Å². The van der Waals surface area contributed by atoms with Crippen LogP contribution in [0.4, 0.5) is 4.79 Å². The van der Waals surface area contributed by atoms with Crippen LogP contribution in [0.3, 0.4) is 0 Å². The molecule has 2 aromatic carbocycles. The minimum absolute atomic E-state index is 0.0155. The molecule has 4 heteroatoms. The molecule has 26 heavy (non-hydrogen) atoms. The third kappa shape index (κ3) is 3.64. The zero-order chi connectivity index (χ0) is 18.7. The number of hydrogen-bond donors (Lipinski definition) is 0. The number of carbonyl (C=O) groups is 2. The van der Waals surface area contributed by atoms with Gasteiger partial charge >= 0.3 is 6.09 Å². The van der Waals surface area contributed by atoms with E-state index in [2.05, 4.69) is 0 Å². The lowest BCUT2D eigenvalue weighted by Crippen LogP contribution is -2.49. The molecule has 2 atom stereocenters. The lowest BCUT2D eigenvalue weighted by atomic mass is 9.84. The van der Waals surface area contributed by atoms with E-state index in [0.717, 1.165) is 11.1 Å². The molecule has 1 aliphatic rings. The molecule has 0 unspecified atom stereocenters. The normalized spacial score (nSPS) is 21.2. The molecular formula is C22H25NO3. The number of Topliss-reactive ketones (excluding diaryl/α,β-unsaturated/α-hetero) is 1. The Labute approximate surface area is 154 Å². The molecule has 0 radical (unpaired) electrons. The van der Waals surface area contributed by atoms with Crippen molar-refractivity contribution in [3.63, 3.8) is 0 Å². The van der Waals surface area contributed by atoms with Crippen LogP contribution < -0.4 is 0 Å². The van der Waals surface area contributed by atoms with E-state index in [9.17, 15) is 9.59 Å². The number of ether oxygens (including phenoxy) is 1. The van der Waals surface area contributed by atoms with Gasteiger partial charge in [0.2, 0.25) is 0 Å².